The van der Waals surface area contributed by atoms with Gasteiger partial charge in [0.2, 0.25) is 0 Å². The van der Waals surface area contributed by atoms with Crippen molar-refractivity contribution in [2.45, 2.75) is 10.6 Å². The van der Waals surface area contributed by atoms with E-state index in [2.05, 4.69) is 0 Å². The Morgan fingerprint density at radius 1 is 1.29 bits per heavy atom. The van der Waals surface area contributed by atoms with E-state index in [0.717, 1.165) is 4.90 Å². The molecule has 0 fully saturated rings. The predicted molar refractivity (Wildman–Crippen MR) is 83.5 cm³/mol. The van der Waals surface area contributed by atoms with Crippen molar-refractivity contribution in [3.05, 3.63) is 58.4 Å². The predicted octanol–water partition coefficient (Wildman–Crippen LogP) is 2.96. The SMILES string of the molecule is NNC(=O)c1ccc(F)c(CSc2ccc(N)c(Cl)c2)c1. The molecule has 0 heterocycles. The molecule has 0 radical (unpaired) electrons. The minimum absolute atomic E-state index is 0.310. The summed E-state index contributed by atoms with van der Waals surface area (Å²) in [6.07, 6.45) is 0. The molecule has 0 aromatic heterocycles. The standard InChI is InChI=1S/C14H13ClFN3OS/c15-11-6-10(2-4-13(11)17)21-7-9-5-8(14(20)19-18)1-3-12(9)16/h1-6H,7,17-18H2,(H,19,20). The second-order valence-corrected chi connectivity index (χ2v) is 5.71. The maximum Gasteiger partial charge on any atom is 0.265 e. The van der Waals surface area contributed by atoms with Crippen LogP contribution in [-0.2, 0) is 5.75 Å². The Kier molecular flexibility index (Phi) is 5.06. The lowest BCUT2D eigenvalue weighted by atomic mass is 10.1. The van der Waals surface area contributed by atoms with Gasteiger partial charge in [0, 0.05) is 16.2 Å². The summed E-state index contributed by atoms with van der Waals surface area (Å²) in [6.45, 7) is 0. The van der Waals surface area contributed by atoms with Gasteiger partial charge in [0.25, 0.3) is 5.91 Å². The highest BCUT2D eigenvalue weighted by Gasteiger charge is 2.09. The summed E-state index contributed by atoms with van der Waals surface area (Å²) in [7, 11) is 0. The molecule has 2 aromatic carbocycles. The molecule has 0 aliphatic heterocycles. The van der Waals surface area contributed by atoms with E-state index in [9.17, 15) is 9.18 Å². The van der Waals surface area contributed by atoms with Gasteiger partial charge in [0.15, 0.2) is 0 Å². The lowest BCUT2D eigenvalue weighted by Gasteiger charge is -2.07. The average molecular weight is 326 g/mol. The first kappa shape index (κ1) is 15.6. The number of hydrazine groups is 1. The number of carbonyl (C=O) groups excluding carboxylic acids is 1. The van der Waals surface area contributed by atoms with Crippen molar-refractivity contribution >= 4 is 35.0 Å². The van der Waals surface area contributed by atoms with Crippen LogP contribution >= 0.6 is 23.4 Å². The first-order valence-electron chi connectivity index (χ1n) is 5.98. The molecule has 7 heteroatoms. The minimum Gasteiger partial charge on any atom is -0.398 e. The molecule has 0 saturated carbocycles. The second kappa shape index (κ2) is 6.80. The molecule has 5 N–H and O–H groups in total. The molecule has 21 heavy (non-hydrogen) atoms. The molecule has 0 unspecified atom stereocenters. The minimum atomic E-state index is -0.461. The normalized spacial score (nSPS) is 10.4. The first-order chi connectivity index (χ1) is 10.0. The fourth-order valence-corrected chi connectivity index (χ4v) is 2.82. The van der Waals surface area contributed by atoms with Crippen LogP contribution in [-0.4, -0.2) is 5.91 Å². The summed E-state index contributed by atoms with van der Waals surface area (Å²) in [5.74, 6) is 4.58. The number of amides is 1. The van der Waals surface area contributed by atoms with Gasteiger partial charge in [-0.05, 0) is 42.0 Å². The Hall–Kier alpha value is -1.76. The van der Waals surface area contributed by atoms with Crippen LogP contribution in [0.1, 0.15) is 15.9 Å². The van der Waals surface area contributed by atoms with Crippen molar-refractivity contribution in [1.82, 2.24) is 5.43 Å². The van der Waals surface area contributed by atoms with Gasteiger partial charge in [-0.1, -0.05) is 11.6 Å². The van der Waals surface area contributed by atoms with Crippen LogP contribution in [0.5, 0.6) is 0 Å². The number of nitrogens with one attached hydrogen (secondary N) is 1. The quantitative estimate of drug-likeness (QED) is 0.265. The number of rotatable bonds is 4. The van der Waals surface area contributed by atoms with Gasteiger partial charge >= 0.3 is 0 Å². The Morgan fingerprint density at radius 3 is 2.71 bits per heavy atom. The van der Waals surface area contributed by atoms with Crippen molar-refractivity contribution in [3.8, 4) is 0 Å². The van der Waals surface area contributed by atoms with Crippen molar-refractivity contribution < 1.29 is 9.18 Å². The summed E-state index contributed by atoms with van der Waals surface area (Å²) >= 11 is 7.33. The largest absolute Gasteiger partial charge is 0.398 e. The highest BCUT2D eigenvalue weighted by molar-refractivity contribution is 7.98. The molecular formula is C14H13ClFN3OS. The van der Waals surface area contributed by atoms with Crippen LogP contribution in [0, 0.1) is 5.82 Å². The lowest BCUT2D eigenvalue weighted by Crippen LogP contribution is -2.30. The van der Waals surface area contributed by atoms with Crippen molar-refractivity contribution in [1.29, 1.82) is 0 Å². The number of hydrogen-bond acceptors (Lipinski definition) is 4. The molecule has 0 aliphatic rings. The molecule has 2 rings (SSSR count). The smallest absolute Gasteiger partial charge is 0.265 e. The third kappa shape index (κ3) is 3.87. The average Bonchev–Trinajstić information content (AvgIpc) is 2.49. The third-order valence-corrected chi connectivity index (χ3v) is 4.18. The third-order valence-electron chi connectivity index (χ3n) is 2.81. The molecule has 0 spiro atoms. The molecule has 0 aliphatic carbocycles. The van der Waals surface area contributed by atoms with E-state index < -0.39 is 5.91 Å². The van der Waals surface area contributed by atoms with E-state index in [1.54, 1.807) is 18.2 Å². The van der Waals surface area contributed by atoms with Gasteiger partial charge in [-0.25, -0.2) is 10.2 Å². The van der Waals surface area contributed by atoms with Crippen LogP contribution in [0.3, 0.4) is 0 Å². The Bertz CT molecular complexity index is 681. The number of halogens is 2. The van der Waals surface area contributed by atoms with E-state index in [1.807, 2.05) is 5.43 Å². The molecule has 1 amide bonds. The van der Waals surface area contributed by atoms with Crippen molar-refractivity contribution in [2.75, 3.05) is 5.73 Å². The van der Waals surface area contributed by atoms with Gasteiger partial charge < -0.3 is 5.73 Å². The fraction of sp³-hybridized carbons (Fsp3) is 0.0714. The zero-order valence-electron chi connectivity index (χ0n) is 10.9. The van der Waals surface area contributed by atoms with Gasteiger partial charge in [-0.15, -0.1) is 11.8 Å². The zero-order chi connectivity index (χ0) is 15.4. The van der Waals surface area contributed by atoms with E-state index in [-0.39, 0.29) is 5.82 Å². The number of anilines is 1. The lowest BCUT2D eigenvalue weighted by molar-refractivity contribution is 0.0953. The first-order valence-corrected chi connectivity index (χ1v) is 7.35. The summed E-state index contributed by atoms with van der Waals surface area (Å²) in [5, 5.41) is 0.455. The summed E-state index contributed by atoms with van der Waals surface area (Å²) < 4.78 is 13.8. The molecule has 2 aromatic rings. The van der Waals surface area contributed by atoms with E-state index >= 15 is 0 Å². The van der Waals surface area contributed by atoms with Crippen LogP contribution < -0.4 is 17.0 Å². The fourth-order valence-electron chi connectivity index (χ4n) is 1.67. The Labute approximate surface area is 130 Å². The van der Waals surface area contributed by atoms with E-state index in [1.165, 1.54) is 30.0 Å². The van der Waals surface area contributed by atoms with Gasteiger partial charge in [-0.2, -0.15) is 0 Å². The van der Waals surface area contributed by atoms with Crippen LogP contribution in [0.15, 0.2) is 41.3 Å². The van der Waals surface area contributed by atoms with Crippen LogP contribution in [0.4, 0.5) is 10.1 Å². The van der Waals surface area contributed by atoms with Crippen molar-refractivity contribution in [2.24, 2.45) is 5.84 Å². The monoisotopic (exact) mass is 325 g/mol. The highest BCUT2D eigenvalue weighted by atomic mass is 35.5. The number of carbonyl (C=O) groups is 1. The Balaban J connectivity index is 2.15. The van der Waals surface area contributed by atoms with E-state index in [4.69, 9.17) is 23.2 Å². The topological polar surface area (TPSA) is 81.1 Å². The number of nitrogens with two attached hydrogens (primary N) is 2. The highest BCUT2D eigenvalue weighted by Crippen LogP contribution is 2.29. The number of nitrogen functional groups attached to an aromatic ring is 2. The van der Waals surface area contributed by atoms with E-state index in [0.29, 0.717) is 27.6 Å². The maximum atomic E-state index is 13.8. The molecule has 4 nitrogen and oxygen atoms in total. The summed E-state index contributed by atoms with van der Waals surface area (Å²) in [6, 6.07) is 9.32. The van der Waals surface area contributed by atoms with Crippen LogP contribution in [0.25, 0.3) is 0 Å². The molecular weight excluding hydrogens is 313 g/mol. The number of thioether (sulfide) groups is 1. The second-order valence-electron chi connectivity index (χ2n) is 4.25. The van der Waals surface area contributed by atoms with Gasteiger partial charge in [-0.3, -0.25) is 10.2 Å². The summed E-state index contributed by atoms with van der Waals surface area (Å²) in [4.78, 5) is 12.3. The Morgan fingerprint density at radius 2 is 2.05 bits per heavy atom. The zero-order valence-corrected chi connectivity index (χ0v) is 12.5. The molecule has 0 bridgehead atoms. The molecule has 0 atom stereocenters. The molecule has 110 valence electrons. The summed E-state index contributed by atoms with van der Waals surface area (Å²) in [5.41, 5.74) is 8.86. The maximum absolute atomic E-state index is 13.8. The van der Waals surface area contributed by atoms with Crippen LogP contribution in [0.2, 0.25) is 5.02 Å². The number of benzene rings is 2. The number of hydrogen-bond donors (Lipinski definition) is 3. The van der Waals surface area contributed by atoms with Gasteiger partial charge in [0.05, 0.1) is 10.7 Å². The molecule has 0 saturated heterocycles. The van der Waals surface area contributed by atoms with Gasteiger partial charge in [0.1, 0.15) is 5.82 Å². The van der Waals surface area contributed by atoms with Crippen molar-refractivity contribution in [3.63, 3.8) is 0 Å².